The standard InChI is InChI=1S/C15H30N2O3/c1-8-9-10-11(2)16-12(18)15(6,7)17-13(19)20-14(3,4)5/h11H,8-10H2,1-7H3,(H,16,18)(H,17,19)/t11-/m1/s1. The van der Waals surface area contributed by atoms with Crippen LogP contribution in [-0.2, 0) is 9.53 Å². The second-order valence-corrected chi connectivity index (χ2v) is 6.77. The third kappa shape index (κ3) is 8.02. The van der Waals surface area contributed by atoms with E-state index in [0.29, 0.717) is 0 Å². The van der Waals surface area contributed by atoms with Crippen LogP contribution in [0.15, 0.2) is 0 Å². The number of rotatable bonds is 6. The van der Waals surface area contributed by atoms with E-state index in [0.717, 1.165) is 19.3 Å². The van der Waals surface area contributed by atoms with Crippen LogP contribution in [0, 0.1) is 0 Å². The number of amides is 2. The van der Waals surface area contributed by atoms with Gasteiger partial charge in [-0.25, -0.2) is 4.79 Å². The van der Waals surface area contributed by atoms with Gasteiger partial charge in [0.05, 0.1) is 0 Å². The molecule has 0 aromatic carbocycles. The number of carbonyl (C=O) groups is 2. The molecule has 2 amide bonds. The van der Waals surface area contributed by atoms with Gasteiger partial charge >= 0.3 is 6.09 Å². The van der Waals surface area contributed by atoms with Gasteiger partial charge in [-0.3, -0.25) is 4.79 Å². The van der Waals surface area contributed by atoms with Gasteiger partial charge in [0, 0.05) is 6.04 Å². The third-order valence-corrected chi connectivity index (χ3v) is 2.75. The summed E-state index contributed by atoms with van der Waals surface area (Å²) in [4.78, 5) is 23.9. The molecule has 2 N–H and O–H groups in total. The molecule has 0 rings (SSSR count). The fraction of sp³-hybridized carbons (Fsp3) is 0.867. The van der Waals surface area contributed by atoms with Gasteiger partial charge in [-0.05, 0) is 48.0 Å². The zero-order chi connectivity index (χ0) is 16.0. The van der Waals surface area contributed by atoms with E-state index in [1.54, 1.807) is 34.6 Å². The van der Waals surface area contributed by atoms with Gasteiger partial charge < -0.3 is 15.4 Å². The lowest BCUT2D eigenvalue weighted by Gasteiger charge is -2.29. The molecule has 0 aromatic rings. The Bertz CT molecular complexity index is 333. The highest BCUT2D eigenvalue weighted by molar-refractivity contribution is 5.89. The summed E-state index contributed by atoms with van der Waals surface area (Å²) >= 11 is 0. The van der Waals surface area contributed by atoms with Crippen molar-refractivity contribution in [3.8, 4) is 0 Å². The first kappa shape index (κ1) is 18.7. The first-order chi connectivity index (χ1) is 8.98. The first-order valence-corrected chi connectivity index (χ1v) is 7.30. The Labute approximate surface area is 122 Å². The predicted molar refractivity (Wildman–Crippen MR) is 80.6 cm³/mol. The van der Waals surface area contributed by atoms with E-state index in [-0.39, 0.29) is 11.9 Å². The maximum Gasteiger partial charge on any atom is 0.408 e. The van der Waals surface area contributed by atoms with Crippen LogP contribution in [0.1, 0.15) is 67.7 Å². The van der Waals surface area contributed by atoms with Crippen molar-refractivity contribution in [3.63, 3.8) is 0 Å². The fourth-order valence-electron chi connectivity index (χ4n) is 1.60. The smallest absolute Gasteiger partial charge is 0.408 e. The highest BCUT2D eigenvalue weighted by Gasteiger charge is 2.32. The van der Waals surface area contributed by atoms with E-state index in [1.165, 1.54) is 0 Å². The van der Waals surface area contributed by atoms with Crippen molar-refractivity contribution in [2.45, 2.75) is 84.9 Å². The number of hydrogen-bond acceptors (Lipinski definition) is 3. The summed E-state index contributed by atoms with van der Waals surface area (Å²) in [6, 6.07) is 0.0992. The number of unbranched alkanes of at least 4 members (excludes halogenated alkanes) is 1. The summed E-state index contributed by atoms with van der Waals surface area (Å²) < 4.78 is 5.16. The Morgan fingerprint density at radius 2 is 1.70 bits per heavy atom. The summed E-state index contributed by atoms with van der Waals surface area (Å²) in [5, 5.41) is 5.51. The van der Waals surface area contributed by atoms with E-state index in [1.807, 2.05) is 6.92 Å². The molecule has 5 nitrogen and oxygen atoms in total. The second-order valence-electron chi connectivity index (χ2n) is 6.77. The molecule has 118 valence electrons. The average molecular weight is 286 g/mol. The largest absolute Gasteiger partial charge is 0.444 e. The molecule has 0 saturated heterocycles. The Morgan fingerprint density at radius 1 is 1.15 bits per heavy atom. The van der Waals surface area contributed by atoms with E-state index in [2.05, 4.69) is 17.6 Å². The molecule has 20 heavy (non-hydrogen) atoms. The number of ether oxygens (including phenoxy) is 1. The molecule has 0 bridgehead atoms. The summed E-state index contributed by atoms with van der Waals surface area (Å²) in [6.07, 6.45) is 2.52. The zero-order valence-corrected chi connectivity index (χ0v) is 13.9. The monoisotopic (exact) mass is 286 g/mol. The number of carbonyl (C=O) groups excluding carboxylic acids is 2. The molecule has 0 aromatic heterocycles. The fourth-order valence-corrected chi connectivity index (χ4v) is 1.60. The highest BCUT2D eigenvalue weighted by Crippen LogP contribution is 2.10. The van der Waals surface area contributed by atoms with Crippen molar-refractivity contribution in [3.05, 3.63) is 0 Å². The van der Waals surface area contributed by atoms with Crippen LogP contribution in [0.25, 0.3) is 0 Å². The quantitative estimate of drug-likeness (QED) is 0.788. The molecule has 0 heterocycles. The van der Waals surface area contributed by atoms with E-state index < -0.39 is 17.2 Å². The van der Waals surface area contributed by atoms with Gasteiger partial charge in [-0.15, -0.1) is 0 Å². The van der Waals surface area contributed by atoms with Crippen LogP contribution in [0.2, 0.25) is 0 Å². The van der Waals surface area contributed by atoms with Crippen LogP contribution in [0.5, 0.6) is 0 Å². The van der Waals surface area contributed by atoms with Gasteiger partial charge in [0.1, 0.15) is 11.1 Å². The normalized spacial score (nSPS) is 13.6. The number of nitrogens with one attached hydrogen (secondary N) is 2. The minimum absolute atomic E-state index is 0.0992. The van der Waals surface area contributed by atoms with Gasteiger partial charge in [-0.2, -0.15) is 0 Å². The van der Waals surface area contributed by atoms with Crippen LogP contribution in [0.3, 0.4) is 0 Å². The molecule has 0 fully saturated rings. The lowest BCUT2D eigenvalue weighted by atomic mass is 10.0. The Morgan fingerprint density at radius 3 is 2.15 bits per heavy atom. The molecular weight excluding hydrogens is 256 g/mol. The molecule has 0 radical (unpaired) electrons. The molecule has 1 atom stereocenters. The van der Waals surface area contributed by atoms with Crippen molar-refractivity contribution < 1.29 is 14.3 Å². The van der Waals surface area contributed by atoms with E-state index in [4.69, 9.17) is 4.74 Å². The average Bonchev–Trinajstić information content (AvgIpc) is 2.22. The topological polar surface area (TPSA) is 67.4 Å². The number of alkyl carbamates (subject to hydrolysis) is 1. The summed E-state index contributed by atoms with van der Waals surface area (Å²) in [6.45, 7) is 12.8. The van der Waals surface area contributed by atoms with Gasteiger partial charge in [0.2, 0.25) is 5.91 Å². The van der Waals surface area contributed by atoms with Gasteiger partial charge in [-0.1, -0.05) is 19.8 Å². The van der Waals surface area contributed by atoms with Crippen LogP contribution < -0.4 is 10.6 Å². The molecule has 5 heteroatoms. The molecule has 0 aliphatic rings. The summed E-state index contributed by atoms with van der Waals surface area (Å²) in [7, 11) is 0. The molecular formula is C15H30N2O3. The number of hydrogen-bond donors (Lipinski definition) is 2. The van der Waals surface area contributed by atoms with Crippen molar-refractivity contribution in [2.24, 2.45) is 0 Å². The van der Waals surface area contributed by atoms with Crippen LogP contribution in [0.4, 0.5) is 4.79 Å². The Kier molecular flexibility index (Phi) is 7.03. The minimum Gasteiger partial charge on any atom is -0.444 e. The third-order valence-electron chi connectivity index (χ3n) is 2.75. The van der Waals surface area contributed by atoms with Crippen molar-refractivity contribution in [1.82, 2.24) is 10.6 Å². The van der Waals surface area contributed by atoms with Crippen molar-refractivity contribution in [2.75, 3.05) is 0 Å². The Balaban J connectivity index is 4.40. The van der Waals surface area contributed by atoms with Crippen LogP contribution >= 0.6 is 0 Å². The molecule has 0 aliphatic heterocycles. The highest BCUT2D eigenvalue weighted by atomic mass is 16.6. The second kappa shape index (κ2) is 7.50. The molecule has 0 spiro atoms. The first-order valence-electron chi connectivity index (χ1n) is 7.30. The Hall–Kier alpha value is -1.26. The lowest BCUT2D eigenvalue weighted by Crippen LogP contribution is -2.57. The van der Waals surface area contributed by atoms with Crippen LogP contribution in [-0.4, -0.2) is 29.2 Å². The summed E-state index contributed by atoms with van der Waals surface area (Å²) in [5.41, 5.74) is -1.58. The predicted octanol–water partition coefficient (Wildman–Crippen LogP) is 2.98. The maximum atomic E-state index is 12.2. The molecule has 0 aliphatic carbocycles. The van der Waals surface area contributed by atoms with E-state index in [9.17, 15) is 9.59 Å². The SMILES string of the molecule is CCCC[C@@H](C)NC(=O)C(C)(C)NC(=O)OC(C)(C)C. The van der Waals surface area contributed by atoms with Gasteiger partial charge in [0.15, 0.2) is 0 Å². The van der Waals surface area contributed by atoms with E-state index >= 15 is 0 Å². The lowest BCUT2D eigenvalue weighted by molar-refractivity contribution is -0.127. The molecule has 0 saturated carbocycles. The summed E-state index contributed by atoms with van der Waals surface area (Å²) in [5.74, 6) is -0.202. The minimum atomic E-state index is -0.997. The van der Waals surface area contributed by atoms with Crippen molar-refractivity contribution >= 4 is 12.0 Å². The zero-order valence-electron chi connectivity index (χ0n) is 13.9. The van der Waals surface area contributed by atoms with Crippen molar-refractivity contribution in [1.29, 1.82) is 0 Å². The van der Waals surface area contributed by atoms with Gasteiger partial charge in [0.25, 0.3) is 0 Å². The maximum absolute atomic E-state index is 12.2. The molecule has 0 unspecified atom stereocenters.